The van der Waals surface area contributed by atoms with E-state index in [2.05, 4.69) is 24.1 Å². The summed E-state index contributed by atoms with van der Waals surface area (Å²) in [5.41, 5.74) is 1.81. The minimum absolute atomic E-state index is 0.000767. The van der Waals surface area contributed by atoms with Crippen molar-refractivity contribution in [3.05, 3.63) is 18.2 Å². The van der Waals surface area contributed by atoms with E-state index in [0.717, 1.165) is 16.8 Å². The molecular formula is C17H25N3O2. The number of nitrogens with one attached hydrogen (secondary N) is 1. The van der Waals surface area contributed by atoms with Crippen LogP contribution >= 0.6 is 0 Å². The van der Waals surface area contributed by atoms with Gasteiger partial charge in [0.25, 0.3) is 0 Å². The fourth-order valence-corrected chi connectivity index (χ4v) is 2.34. The van der Waals surface area contributed by atoms with Crippen LogP contribution < -0.4 is 10.1 Å². The summed E-state index contributed by atoms with van der Waals surface area (Å²) in [6.45, 7) is 10.2. The number of methoxy groups -OCH3 is 1. The van der Waals surface area contributed by atoms with Gasteiger partial charge in [-0.2, -0.15) is 0 Å². The summed E-state index contributed by atoms with van der Waals surface area (Å²) < 4.78 is 7.32. The summed E-state index contributed by atoms with van der Waals surface area (Å²) in [6.07, 6.45) is 0. The van der Waals surface area contributed by atoms with E-state index in [1.807, 2.05) is 43.5 Å². The molecule has 1 heterocycles. The van der Waals surface area contributed by atoms with E-state index in [1.165, 1.54) is 0 Å². The minimum Gasteiger partial charge on any atom is -0.497 e. The molecule has 0 aliphatic rings. The second-order valence-electron chi connectivity index (χ2n) is 6.28. The van der Waals surface area contributed by atoms with Gasteiger partial charge >= 0.3 is 0 Å². The molecule has 0 spiro atoms. The summed E-state index contributed by atoms with van der Waals surface area (Å²) in [7, 11) is 1.64. The van der Waals surface area contributed by atoms with Gasteiger partial charge in [0.2, 0.25) is 11.9 Å². The number of amides is 1. The number of nitrogens with zero attached hydrogens (tertiary/aromatic N) is 2. The third-order valence-corrected chi connectivity index (χ3v) is 4.06. The first-order valence-corrected chi connectivity index (χ1v) is 7.72. The van der Waals surface area contributed by atoms with Crippen LogP contribution in [0.1, 0.15) is 40.7 Å². The van der Waals surface area contributed by atoms with Crippen LogP contribution in [0.4, 0.5) is 5.95 Å². The standard InChI is InChI=1S/C17H25N3O2/c1-10(2)12(5)16(21)19-17-18-14-8-7-13(22-6)9-15(14)20(17)11(3)4/h7-12H,1-6H3,(H,18,19,21)/t12-/m0/s1. The van der Waals surface area contributed by atoms with Gasteiger partial charge in [0.05, 0.1) is 18.1 Å². The molecule has 0 saturated heterocycles. The first kappa shape index (κ1) is 16.3. The zero-order chi connectivity index (χ0) is 16.4. The first-order valence-electron chi connectivity index (χ1n) is 7.72. The number of fused-ring (bicyclic) bond motifs is 1. The van der Waals surface area contributed by atoms with Crippen LogP contribution in [0, 0.1) is 11.8 Å². The number of imidazole rings is 1. The van der Waals surface area contributed by atoms with Crippen molar-refractivity contribution in [1.29, 1.82) is 0 Å². The molecule has 2 aromatic rings. The lowest BCUT2D eigenvalue weighted by molar-refractivity contribution is -0.120. The Labute approximate surface area is 131 Å². The van der Waals surface area contributed by atoms with E-state index in [4.69, 9.17) is 4.74 Å². The highest BCUT2D eigenvalue weighted by molar-refractivity contribution is 5.93. The Kier molecular flexibility index (Phi) is 4.74. The number of ether oxygens (including phenoxy) is 1. The average molecular weight is 303 g/mol. The largest absolute Gasteiger partial charge is 0.497 e. The summed E-state index contributed by atoms with van der Waals surface area (Å²) in [6, 6.07) is 5.92. The molecule has 1 atom stereocenters. The Bertz CT molecular complexity index is 674. The van der Waals surface area contributed by atoms with Gasteiger partial charge in [-0.05, 0) is 31.9 Å². The lowest BCUT2D eigenvalue weighted by Crippen LogP contribution is -2.26. The normalized spacial score (nSPS) is 12.9. The highest BCUT2D eigenvalue weighted by Crippen LogP contribution is 2.28. The highest BCUT2D eigenvalue weighted by Gasteiger charge is 2.21. The monoisotopic (exact) mass is 303 g/mol. The predicted octanol–water partition coefficient (Wildman–Crippen LogP) is 3.86. The van der Waals surface area contributed by atoms with Crippen LogP contribution in [0.3, 0.4) is 0 Å². The molecule has 0 unspecified atom stereocenters. The number of rotatable bonds is 5. The molecular weight excluding hydrogens is 278 g/mol. The van der Waals surface area contributed by atoms with Crippen molar-refractivity contribution in [3.63, 3.8) is 0 Å². The number of aromatic nitrogens is 2. The predicted molar refractivity (Wildman–Crippen MR) is 89.3 cm³/mol. The molecule has 0 saturated carbocycles. The van der Waals surface area contributed by atoms with E-state index in [-0.39, 0.29) is 23.8 Å². The molecule has 0 aliphatic carbocycles. The molecule has 0 bridgehead atoms. The molecule has 1 aromatic carbocycles. The Balaban J connectivity index is 2.45. The summed E-state index contributed by atoms with van der Waals surface area (Å²) in [4.78, 5) is 16.9. The molecule has 0 radical (unpaired) electrons. The van der Waals surface area contributed by atoms with Crippen LogP contribution in [0.25, 0.3) is 11.0 Å². The Hall–Kier alpha value is -2.04. The average Bonchev–Trinajstić information content (AvgIpc) is 2.82. The minimum atomic E-state index is -0.0602. The summed E-state index contributed by atoms with van der Waals surface area (Å²) in [5, 5.41) is 2.97. The number of carbonyl (C=O) groups is 1. The van der Waals surface area contributed by atoms with Crippen LogP contribution in [0.5, 0.6) is 5.75 Å². The highest BCUT2D eigenvalue weighted by atomic mass is 16.5. The molecule has 5 heteroatoms. The topological polar surface area (TPSA) is 56.1 Å². The van der Waals surface area contributed by atoms with Crippen molar-refractivity contribution >= 4 is 22.9 Å². The maximum absolute atomic E-state index is 12.3. The van der Waals surface area contributed by atoms with Gasteiger partial charge in [0, 0.05) is 18.0 Å². The number of carbonyl (C=O) groups excluding carboxylic acids is 1. The molecule has 2 rings (SSSR count). The van der Waals surface area contributed by atoms with Crippen LogP contribution in [0.15, 0.2) is 18.2 Å². The zero-order valence-electron chi connectivity index (χ0n) is 14.2. The van der Waals surface area contributed by atoms with Crippen LogP contribution in [0.2, 0.25) is 0 Å². The van der Waals surface area contributed by atoms with Crippen molar-refractivity contribution in [2.75, 3.05) is 12.4 Å². The van der Waals surface area contributed by atoms with Gasteiger partial charge in [0.1, 0.15) is 5.75 Å². The van der Waals surface area contributed by atoms with Crippen LogP contribution in [-0.2, 0) is 4.79 Å². The maximum Gasteiger partial charge on any atom is 0.229 e. The lowest BCUT2D eigenvalue weighted by Gasteiger charge is -2.17. The van der Waals surface area contributed by atoms with E-state index in [9.17, 15) is 4.79 Å². The number of benzene rings is 1. The van der Waals surface area contributed by atoms with E-state index in [0.29, 0.717) is 5.95 Å². The van der Waals surface area contributed by atoms with Crippen LogP contribution in [-0.4, -0.2) is 22.6 Å². The number of anilines is 1. The molecule has 0 fully saturated rings. The molecule has 120 valence electrons. The Morgan fingerprint density at radius 1 is 1.23 bits per heavy atom. The first-order chi connectivity index (χ1) is 10.3. The summed E-state index contributed by atoms with van der Waals surface area (Å²) in [5.74, 6) is 1.60. The number of hydrogen-bond donors (Lipinski definition) is 1. The third kappa shape index (κ3) is 3.08. The second-order valence-corrected chi connectivity index (χ2v) is 6.28. The van der Waals surface area contributed by atoms with Crippen molar-refractivity contribution in [2.24, 2.45) is 11.8 Å². The van der Waals surface area contributed by atoms with Crippen molar-refractivity contribution < 1.29 is 9.53 Å². The van der Waals surface area contributed by atoms with Gasteiger partial charge in [-0.1, -0.05) is 20.8 Å². The van der Waals surface area contributed by atoms with Crippen molar-refractivity contribution in [2.45, 2.75) is 40.7 Å². The Morgan fingerprint density at radius 3 is 2.45 bits per heavy atom. The van der Waals surface area contributed by atoms with Crippen molar-refractivity contribution in [3.8, 4) is 5.75 Å². The molecule has 1 N–H and O–H groups in total. The fraction of sp³-hybridized carbons (Fsp3) is 0.529. The van der Waals surface area contributed by atoms with Gasteiger partial charge in [-0.15, -0.1) is 0 Å². The van der Waals surface area contributed by atoms with E-state index >= 15 is 0 Å². The zero-order valence-corrected chi connectivity index (χ0v) is 14.2. The molecule has 1 aromatic heterocycles. The summed E-state index contributed by atoms with van der Waals surface area (Å²) >= 11 is 0. The van der Waals surface area contributed by atoms with Gasteiger partial charge in [-0.3, -0.25) is 10.1 Å². The van der Waals surface area contributed by atoms with E-state index in [1.54, 1.807) is 7.11 Å². The third-order valence-electron chi connectivity index (χ3n) is 4.06. The van der Waals surface area contributed by atoms with Gasteiger partial charge < -0.3 is 9.30 Å². The van der Waals surface area contributed by atoms with Gasteiger partial charge in [-0.25, -0.2) is 4.98 Å². The lowest BCUT2D eigenvalue weighted by atomic mass is 9.97. The van der Waals surface area contributed by atoms with Crippen molar-refractivity contribution in [1.82, 2.24) is 9.55 Å². The number of hydrogen-bond acceptors (Lipinski definition) is 3. The molecule has 22 heavy (non-hydrogen) atoms. The van der Waals surface area contributed by atoms with Gasteiger partial charge in [0.15, 0.2) is 0 Å². The maximum atomic E-state index is 12.3. The van der Waals surface area contributed by atoms with E-state index < -0.39 is 0 Å². The second kappa shape index (κ2) is 6.38. The Morgan fingerprint density at radius 2 is 1.91 bits per heavy atom. The molecule has 1 amide bonds. The quantitative estimate of drug-likeness (QED) is 0.912. The molecule has 5 nitrogen and oxygen atoms in total. The fourth-order valence-electron chi connectivity index (χ4n) is 2.34. The smallest absolute Gasteiger partial charge is 0.229 e. The SMILES string of the molecule is COc1ccc2nc(NC(=O)[C@@H](C)C(C)C)n(C(C)C)c2c1. The molecule has 0 aliphatic heterocycles.